The number of rotatable bonds is 6. The zero-order valence-corrected chi connectivity index (χ0v) is 12.7. The molecule has 1 fully saturated rings. The smallest absolute Gasteiger partial charge is 0.260 e. The predicted octanol–water partition coefficient (Wildman–Crippen LogP) is 2.75. The van der Waals surface area contributed by atoms with E-state index in [1.54, 1.807) is 18.2 Å². The van der Waals surface area contributed by atoms with Gasteiger partial charge in [0.15, 0.2) is 6.61 Å². The standard InChI is InChI=1S/C15H21ClN2O2/c1-3-18(12-5-6-12)15(19)9-20-14-7-4-11(16)8-13(14)10(2)17/h4,7-8,10,12H,3,5-6,9,17H2,1-2H3. The maximum atomic E-state index is 12.1. The Balaban J connectivity index is 2.01. The molecule has 0 radical (unpaired) electrons. The van der Waals surface area contributed by atoms with Crippen LogP contribution in [0.2, 0.25) is 5.02 Å². The second-order valence-corrected chi connectivity index (χ2v) is 5.61. The van der Waals surface area contributed by atoms with Crippen LogP contribution >= 0.6 is 11.6 Å². The number of carbonyl (C=O) groups is 1. The summed E-state index contributed by atoms with van der Waals surface area (Å²) in [5.41, 5.74) is 6.72. The number of nitrogens with two attached hydrogens (primary N) is 1. The van der Waals surface area contributed by atoms with Crippen LogP contribution in [0.15, 0.2) is 18.2 Å². The van der Waals surface area contributed by atoms with E-state index in [1.165, 1.54) is 0 Å². The second kappa shape index (κ2) is 6.46. The molecule has 110 valence electrons. The van der Waals surface area contributed by atoms with Crippen LogP contribution in [-0.4, -0.2) is 30.0 Å². The van der Waals surface area contributed by atoms with Crippen molar-refractivity contribution in [1.82, 2.24) is 4.90 Å². The molecular weight excluding hydrogens is 276 g/mol. The molecule has 0 saturated heterocycles. The predicted molar refractivity (Wildman–Crippen MR) is 80.0 cm³/mol. The van der Waals surface area contributed by atoms with Crippen molar-refractivity contribution in [3.8, 4) is 5.75 Å². The van der Waals surface area contributed by atoms with Crippen LogP contribution in [0.3, 0.4) is 0 Å². The third-order valence-corrected chi connectivity index (χ3v) is 3.70. The summed E-state index contributed by atoms with van der Waals surface area (Å²) in [5, 5.41) is 0.615. The quantitative estimate of drug-likeness (QED) is 0.878. The van der Waals surface area contributed by atoms with Crippen LogP contribution in [0.5, 0.6) is 5.75 Å². The lowest BCUT2D eigenvalue weighted by Crippen LogP contribution is -2.36. The Morgan fingerprint density at radius 3 is 2.80 bits per heavy atom. The summed E-state index contributed by atoms with van der Waals surface area (Å²) in [6, 6.07) is 5.51. The summed E-state index contributed by atoms with van der Waals surface area (Å²) in [7, 11) is 0. The molecule has 5 heteroatoms. The molecule has 1 saturated carbocycles. The Hall–Kier alpha value is -1.26. The van der Waals surface area contributed by atoms with E-state index in [-0.39, 0.29) is 18.6 Å². The number of benzene rings is 1. The normalized spacial score (nSPS) is 15.8. The Morgan fingerprint density at radius 1 is 1.55 bits per heavy atom. The SMILES string of the molecule is CCN(C(=O)COc1ccc(Cl)cc1C(C)N)C1CC1. The number of hydrogen-bond acceptors (Lipinski definition) is 3. The summed E-state index contributed by atoms with van der Waals surface area (Å²) in [4.78, 5) is 14.0. The summed E-state index contributed by atoms with van der Waals surface area (Å²) >= 11 is 5.96. The van der Waals surface area contributed by atoms with Crippen molar-refractivity contribution in [2.24, 2.45) is 5.73 Å². The lowest BCUT2D eigenvalue weighted by molar-refractivity contribution is -0.133. The number of likely N-dealkylation sites (N-methyl/N-ethyl adjacent to an activating group) is 1. The number of halogens is 1. The van der Waals surface area contributed by atoms with Gasteiger partial charge in [0.25, 0.3) is 5.91 Å². The molecule has 2 N–H and O–H groups in total. The van der Waals surface area contributed by atoms with Gasteiger partial charge >= 0.3 is 0 Å². The summed E-state index contributed by atoms with van der Waals surface area (Å²) in [5.74, 6) is 0.658. The van der Waals surface area contributed by atoms with E-state index in [9.17, 15) is 4.79 Å². The summed E-state index contributed by atoms with van der Waals surface area (Å²) in [6.45, 7) is 4.63. The van der Waals surface area contributed by atoms with Gasteiger partial charge in [-0.15, -0.1) is 0 Å². The number of carbonyl (C=O) groups excluding carboxylic acids is 1. The monoisotopic (exact) mass is 296 g/mol. The first-order chi connectivity index (χ1) is 9.52. The van der Waals surface area contributed by atoms with Crippen molar-refractivity contribution in [3.63, 3.8) is 0 Å². The fourth-order valence-electron chi connectivity index (χ4n) is 2.25. The zero-order chi connectivity index (χ0) is 14.7. The summed E-state index contributed by atoms with van der Waals surface area (Å²) < 4.78 is 5.65. The Morgan fingerprint density at radius 2 is 2.25 bits per heavy atom. The van der Waals surface area contributed by atoms with E-state index >= 15 is 0 Å². The topological polar surface area (TPSA) is 55.6 Å². The maximum absolute atomic E-state index is 12.1. The highest BCUT2D eigenvalue weighted by molar-refractivity contribution is 6.30. The van der Waals surface area contributed by atoms with Crippen molar-refractivity contribution in [2.75, 3.05) is 13.2 Å². The minimum Gasteiger partial charge on any atom is -0.483 e. The zero-order valence-electron chi connectivity index (χ0n) is 11.9. The molecule has 0 spiro atoms. The maximum Gasteiger partial charge on any atom is 0.260 e. The molecule has 0 aliphatic heterocycles. The van der Waals surface area contributed by atoms with E-state index < -0.39 is 0 Å². The van der Waals surface area contributed by atoms with Crippen LogP contribution < -0.4 is 10.5 Å². The number of amides is 1. The van der Waals surface area contributed by atoms with Gasteiger partial charge in [-0.05, 0) is 44.9 Å². The molecule has 4 nitrogen and oxygen atoms in total. The average molecular weight is 297 g/mol. The van der Waals surface area contributed by atoms with Gasteiger partial charge in [-0.3, -0.25) is 4.79 Å². The van der Waals surface area contributed by atoms with Crippen molar-refractivity contribution in [1.29, 1.82) is 0 Å². The summed E-state index contributed by atoms with van der Waals surface area (Å²) in [6.07, 6.45) is 2.21. The van der Waals surface area contributed by atoms with E-state index in [0.717, 1.165) is 24.9 Å². The number of hydrogen-bond donors (Lipinski definition) is 1. The third-order valence-electron chi connectivity index (χ3n) is 3.46. The van der Waals surface area contributed by atoms with E-state index in [1.807, 2.05) is 18.7 Å². The molecule has 1 atom stereocenters. The lowest BCUT2D eigenvalue weighted by atomic mass is 10.1. The molecule has 1 unspecified atom stereocenters. The first kappa shape index (κ1) is 15.1. The lowest BCUT2D eigenvalue weighted by Gasteiger charge is -2.21. The van der Waals surface area contributed by atoms with Crippen molar-refractivity contribution in [2.45, 2.75) is 38.8 Å². The molecule has 1 aromatic rings. The van der Waals surface area contributed by atoms with E-state index in [0.29, 0.717) is 16.8 Å². The van der Waals surface area contributed by atoms with Crippen LogP contribution in [0.25, 0.3) is 0 Å². The minimum absolute atomic E-state index is 0.0283. The van der Waals surface area contributed by atoms with E-state index in [4.69, 9.17) is 22.1 Å². The van der Waals surface area contributed by atoms with Crippen LogP contribution in [-0.2, 0) is 4.79 Å². The average Bonchev–Trinajstić information content (AvgIpc) is 3.22. The second-order valence-electron chi connectivity index (χ2n) is 5.17. The molecule has 0 aromatic heterocycles. The Bertz CT molecular complexity index is 487. The highest BCUT2D eigenvalue weighted by atomic mass is 35.5. The molecule has 1 aliphatic rings. The molecule has 20 heavy (non-hydrogen) atoms. The van der Waals surface area contributed by atoms with Gasteiger partial charge in [0, 0.05) is 29.2 Å². The highest BCUT2D eigenvalue weighted by Crippen LogP contribution is 2.29. The molecule has 0 heterocycles. The van der Waals surface area contributed by atoms with Crippen molar-refractivity contribution < 1.29 is 9.53 Å². The molecule has 2 rings (SSSR count). The largest absolute Gasteiger partial charge is 0.483 e. The van der Waals surface area contributed by atoms with Crippen LogP contribution in [0, 0.1) is 0 Å². The minimum atomic E-state index is -0.190. The fraction of sp³-hybridized carbons (Fsp3) is 0.533. The first-order valence-corrected chi connectivity index (χ1v) is 7.38. The van der Waals surface area contributed by atoms with Gasteiger partial charge in [-0.1, -0.05) is 11.6 Å². The fourth-order valence-corrected chi connectivity index (χ4v) is 2.43. The van der Waals surface area contributed by atoms with Crippen molar-refractivity contribution >= 4 is 17.5 Å². The van der Waals surface area contributed by atoms with E-state index in [2.05, 4.69) is 0 Å². The van der Waals surface area contributed by atoms with Gasteiger partial charge < -0.3 is 15.4 Å². The van der Waals surface area contributed by atoms with Crippen LogP contribution in [0.1, 0.15) is 38.3 Å². The molecular formula is C15H21ClN2O2. The highest BCUT2D eigenvalue weighted by Gasteiger charge is 2.31. The Labute approximate surface area is 124 Å². The first-order valence-electron chi connectivity index (χ1n) is 7.00. The number of ether oxygens (including phenoxy) is 1. The van der Waals surface area contributed by atoms with Crippen molar-refractivity contribution in [3.05, 3.63) is 28.8 Å². The van der Waals surface area contributed by atoms with Gasteiger partial charge in [0.2, 0.25) is 0 Å². The third kappa shape index (κ3) is 3.64. The van der Waals surface area contributed by atoms with Gasteiger partial charge in [0.1, 0.15) is 5.75 Å². The van der Waals surface area contributed by atoms with Crippen LogP contribution in [0.4, 0.5) is 0 Å². The van der Waals surface area contributed by atoms with Gasteiger partial charge in [-0.2, -0.15) is 0 Å². The number of nitrogens with zero attached hydrogens (tertiary/aromatic N) is 1. The Kier molecular flexibility index (Phi) is 4.89. The molecule has 1 amide bonds. The van der Waals surface area contributed by atoms with Gasteiger partial charge in [0.05, 0.1) is 0 Å². The molecule has 1 aliphatic carbocycles. The molecule has 1 aromatic carbocycles. The molecule has 0 bridgehead atoms. The van der Waals surface area contributed by atoms with Gasteiger partial charge in [-0.25, -0.2) is 0 Å².